The van der Waals surface area contributed by atoms with Gasteiger partial charge >= 0.3 is 0 Å². The molecule has 0 radical (unpaired) electrons. The Morgan fingerprint density at radius 2 is 1.94 bits per heavy atom. The second-order valence-corrected chi connectivity index (χ2v) is 5.62. The molecule has 3 nitrogen and oxygen atoms in total. The van der Waals surface area contributed by atoms with Gasteiger partial charge in [-0.25, -0.2) is 0 Å². The van der Waals surface area contributed by atoms with Crippen LogP contribution in [0.25, 0.3) is 0 Å². The first-order valence-electron chi connectivity index (χ1n) is 6.12. The summed E-state index contributed by atoms with van der Waals surface area (Å²) in [5.74, 6) is 0.0771. The van der Waals surface area contributed by atoms with Crippen LogP contribution >= 0.6 is 11.8 Å². The fourth-order valence-corrected chi connectivity index (χ4v) is 2.12. The molecule has 18 heavy (non-hydrogen) atoms. The second kappa shape index (κ2) is 7.44. The number of hydrogen-bond donors (Lipinski definition) is 1. The topological polar surface area (TPSA) is 32.3 Å². The van der Waals surface area contributed by atoms with Crippen LogP contribution < -0.4 is 5.32 Å². The lowest BCUT2D eigenvalue weighted by Gasteiger charge is -2.17. The van der Waals surface area contributed by atoms with Gasteiger partial charge in [0.2, 0.25) is 5.91 Å². The van der Waals surface area contributed by atoms with Crippen LogP contribution in [0.5, 0.6) is 0 Å². The third-order valence-corrected chi connectivity index (χ3v) is 3.22. The van der Waals surface area contributed by atoms with Gasteiger partial charge in [-0.1, -0.05) is 12.1 Å². The van der Waals surface area contributed by atoms with Gasteiger partial charge in [-0.3, -0.25) is 9.69 Å². The van der Waals surface area contributed by atoms with Crippen molar-refractivity contribution < 1.29 is 4.79 Å². The van der Waals surface area contributed by atoms with Crippen LogP contribution in [0.3, 0.4) is 0 Å². The van der Waals surface area contributed by atoms with E-state index in [1.807, 2.05) is 25.8 Å². The number of nitrogens with one attached hydrogen (secondary N) is 1. The average molecular weight is 266 g/mol. The number of rotatable bonds is 6. The first kappa shape index (κ1) is 15.1. The molecular formula is C14H22N2OS. The summed E-state index contributed by atoms with van der Waals surface area (Å²) in [7, 11) is 1.96. The van der Waals surface area contributed by atoms with Crippen molar-refractivity contribution >= 4 is 17.7 Å². The Kier molecular flexibility index (Phi) is 6.22. The van der Waals surface area contributed by atoms with Crippen molar-refractivity contribution in [2.45, 2.75) is 31.3 Å². The molecule has 100 valence electrons. The molecule has 0 aromatic heterocycles. The number of likely N-dealkylation sites (N-methyl/N-ethyl adjacent to an activating group) is 1. The van der Waals surface area contributed by atoms with Crippen LogP contribution in [0.15, 0.2) is 29.2 Å². The van der Waals surface area contributed by atoms with Gasteiger partial charge in [0.05, 0.1) is 6.54 Å². The van der Waals surface area contributed by atoms with E-state index in [1.54, 1.807) is 11.8 Å². The Morgan fingerprint density at radius 1 is 1.33 bits per heavy atom. The quantitative estimate of drug-likeness (QED) is 0.802. The number of nitrogens with zero attached hydrogens (tertiary/aromatic N) is 1. The molecule has 1 N–H and O–H groups in total. The molecule has 0 heterocycles. The van der Waals surface area contributed by atoms with Crippen molar-refractivity contribution in [2.75, 3.05) is 19.8 Å². The fraction of sp³-hybridized carbons (Fsp3) is 0.500. The Balaban J connectivity index is 2.43. The number of hydrogen-bond acceptors (Lipinski definition) is 3. The lowest BCUT2D eigenvalue weighted by Crippen LogP contribution is -2.38. The van der Waals surface area contributed by atoms with Gasteiger partial charge in [-0.2, -0.15) is 0 Å². The maximum absolute atomic E-state index is 11.6. The smallest absolute Gasteiger partial charge is 0.234 e. The molecule has 1 rings (SSSR count). The van der Waals surface area contributed by atoms with E-state index in [0.29, 0.717) is 6.54 Å². The van der Waals surface area contributed by atoms with Crippen molar-refractivity contribution in [3.05, 3.63) is 29.8 Å². The van der Waals surface area contributed by atoms with Crippen LogP contribution in [0, 0.1) is 0 Å². The standard InChI is InChI=1S/C14H22N2OS/c1-11(2)15-14(17)10-16(3)9-12-5-7-13(18-4)8-6-12/h5-8,11H,9-10H2,1-4H3,(H,15,17). The Labute approximate surface area is 114 Å². The van der Waals surface area contributed by atoms with Crippen molar-refractivity contribution in [1.82, 2.24) is 10.2 Å². The van der Waals surface area contributed by atoms with E-state index >= 15 is 0 Å². The van der Waals surface area contributed by atoms with E-state index in [1.165, 1.54) is 10.5 Å². The summed E-state index contributed by atoms with van der Waals surface area (Å²) in [6.07, 6.45) is 2.07. The molecule has 4 heteroatoms. The predicted molar refractivity (Wildman–Crippen MR) is 77.8 cm³/mol. The number of amides is 1. The van der Waals surface area contributed by atoms with Gasteiger partial charge in [0.1, 0.15) is 0 Å². The van der Waals surface area contributed by atoms with E-state index in [9.17, 15) is 4.79 Å². The number of thioether (sulfide) groups is 1. The molecule has 0 saturated carbocycles. The van der Waals surface area contributed by atoms with E-state index in [0.717, 1.165) is 6.54 Å². The molecule has 1 amide bonds. The van der Waals surface area contributed by atoms with Crippen LogP contribution in [0.1, 0.15) is 19.4 Å². The minimum Gasteiger partial charge on any atom is -0.353 e. The maximum atomic E-state index is 11.6. The van der Waals surface area contributed by atoms with E-state index in [2.05, 4.69) is 35.8 Å². The monoisotopic (exact) mass is 266 g/mol. The average Bonchev–Trinajstić information content (AvgIpc) is 2.28. The zero-order valence-corrected chi connectivity index (χ0v) is 12.4. The van der Waals surface area contributed by atoms with Gasteiger partial charge in [0, 0.05) is 17.5 Å². The number of benzene rings is 1. The van der Waals surface area contributed by atoms with Gasteiger partial charge in [0.15, 0.2) is 0 Å². The van der Waals surface area contributed by atoms with Gasteiger partial charge in [-0.15, -0.1) is 11.8 Å². The molecule has 0 bridgehead atoms. The van der Waals surface area contributed by atoms with Crippen molar-refractivity contribution in [2.24, 2.45) is 0 Å². The number of carbonyl (C=O) groups excluding carboxylic acids is 1. The molecular weight excluding hydrogens is 244 g/mol. The third-order valence-electron chi connectivity index (χ3n) is 2.47. The second-order valence-electron chi connectivity index (χ2n) is 4.74. The van der Waals surface area contributed by atoms with Gasteiger partial charge < -0.3 is 5.32 Å². The highest BCUT2D eigenvalue weighted by atomic mass is 32.2. The van der Waals surface area contributed by atoms with Crippen LogP contribution in [0.4, 0.5) is 0 Å². The Bertz CT molecular complexity index is 376. The minimum absolute atomic E-state index is 0.0771. The highest BCUT2D eigenvalue weighted by Gasteiger charge is 2.07. The molecule has 0 atom stereocenters. The summed E-state index contributed by atoms with van der Waals surface area (Å²) in [6, 6.07) is 8.65. The summed E-state index contributed by atoms with van der Waals surface area (Å²) in [4.78, 5) is 14.9. The van der Waals surface area contributed by atoms with Crippen molar-refractivity contribution in [1.29, 1.82) is 0 Å². The SMILES string of the molecule is CSc1ccc(CN(C)CC(=O)NC(C)C)cc1. The molecule has 0 saturated heterocycles. The highest BCUT2D eigenvalue weighted by molar-refractivity contribution is 7.98. The molecule has 1 aromatic rings. The largest absolute Gasteiger partial charge is 0.353 e. The van der Waals surface area contributed by atoms with Crippen molar-refractivity contribution in [3.63, 3.8) is 0 Å². The van der Waals surface area contributed by atoms with Crippen LogP contribution in [-0.2, 0) is 11.3 Å². The predicted octanol–water partition coefficient (Wildman–Crippen LogP) is 2.36. The normalized spacial score (nSPS) is 11.0. The molecule has 0 aliphatic carbocycles. The molecule has 0 spiro atoms. The lowest BCUT2D eigenvalue weighted by molar-refractivity contribution is -0.122. The van der Waals surface area contributed by atoms with Crippen molar-refractivity contribution in [3.8, 4) is 0 Å². The summed E-state index contributed by atoms with van der Waals surface area (Å²) in [5.41, 5.74) is 1.23. The first-order chi connectivity index (χ1) is 8.51. The zero-order valence-electron chi connectivity index (χ0n) is 11.6. The van der Waals surface area contributed by atoms with Crippen LogP contribution in [-0.4, -0.2) is 36.7 Å². The van der Waals surface area contributed by atoms with Gasteiger partial charge in [0.25, 0.3) is 0 Å². The number of carbonyl (C=O) groups is 1. The highest BCUT2D eigenvalue weighted by Crippen LogP contribution is 2.15. The van der Waals surface area contributed by atoms with E-state index < -0.39 is 0 Å². The molecule has 0 aliphatic heterocycles. The summed E-state index contributed by atoms with van der Waals surface area (Å²) >= 11 is 1.74. The third kappa shape index (κ3) is 5.56. The van der Waals surface area contributed by atoms with E-state index in [-0.39, 0.29) is 11.9 Å². The Morgan fingerprint density at radius 3 is 2.44 bits per heavy atom. The maximum Gasteiger partial charge on any atom is 0.234 e. The summed E-state index contributed by atoms with van der Waals surface area (Å²) in [5, 5.41) is 2.89. The summed E-state index contributed by atoms with van der Waals surface area (Å²) < 4.78 is 0. The summed E-state index contributed by atoms with van der Waals surface area (Å²) in [6.45, 7) is 5.17. The van der Waals surface area contributed by atoms with E-state index in [4.69, 9.17) is 0 Å². The minimum atomic E-state index is 0.0771. The fourth-order valence-electron chi connectivity index (χ4n) is 1.71. The molecule has 0 unspecified atom stereocenters. The lowest BCUT2D eigenvalue weighted by atomic mass is 10.2. The van der Waals surface area contributed by atoms with Gasteiger partial charge in [-0.05, 0) is 44.8 Å². The molecule has 0 fully saturated rings. The zero-order chi connectivity index (χ0) is 13.5. The first-order valence-corrected chi connectivity index (χ1v) is 7.34. The van der Waals surface area contributed by atoms with Crippen LogP contribution in [0.2, 0.25) is 0 Å². The molecule has 0 aliphatic rings. The Hall–Kier alpha value is -1.00. The molecule has 1 aromatic carbocycles.